The van der Waals surface area contributed by atoms with Crippen LogP contribution in [0.1, 0.15) is 41.7 Å². The first-order chi connectivity index (χ1) is 10.8. The van der Waals surface area contributed by atoms with Crippen LogP contribution in [0.15, 0.2) is 39.6 Å². The standard InChI is InChI=1S/C16H17F3N2O2/c1-21-6-5-11(14-9-15(22)20-23-14)8-13(21)10-3-2-4-12(7-10)16(17,18)19/h2-4,7,9,11,13H,5-6,8H2,1H3,(H,20,22)/t11-,13+/m0/s1. The van der Waals surface area contributed by atoms with E-state index < -0.39 is 11.7 Å². The number of hydrogen-bond donors (Lipinski definition) is 1. The zero-order valence-electron chi connectivity index (χ0n) is 12.6. The number of aromatic nitrogens is 1. The Morgan fingerprint density at radius 1 is 1.30 bits per heavy atom. The van der Waals surface area contributed by atoms with Gasteiger partial charge in [0.1, 0.15) is 5.76 Å². The molecule has 1 aliphatic heterocycles. The van der Waals surface area contributed by atoms with Crippen molar-refractivity contribution in [1.82, 2.24) is 10.1 Å². The van der Waals surface area contributed by atoms with Crippen LogP contribution in [-0.4, -0.2) is 23.6 Å². The number of benzene rings is 1. The average Bonchev–Trinajstić information content (AvgIpc) is 2.93. The van der Waals surface area contributed by atoms with Gasteiger partial charge in [-0.2, -0.15) is 18.3 Å². The molecule has 3 rings (SSSR count). The number of aromatic amines is 1. The molecule has 2 atom stereocenters. The van der Waals surface area contributed by atoms with Gasteiger partial charge in [-0.25, -0.2) is 0 Å². The van der Waals surface area contributed by atoms with Crippen LogP contribution in [-0.2, 0) is 6.18 Å². The van der Waals surface area contributed by atoms with Crippen LogP contribution < -0.4 is 5.56 Å². The van der Waals surface area contributed by atoms with Crippen LogP contribution in [0.3, 0.4) is 0 Å². The van der Waals surface area contributed by atoms with E-state index in [1.165, 1.54) is 18.2 Å². The fourth-order valence-electron chi connectivity index (χ4n) is 3.15. The summed E-state index contributed by atoms with van der Waals surface area (Å²) in [7, 11) is 1.90. The van der Waals surface area contributed by atoms with Crippen molar-refractivity contribution in [2.75, 3.05) is 13.6 Å². The molecule has 4 nitrogen and oxygen atoms in total. The highest BCUT2D eigenvalue weighted by molar-refractivity contribution is 5.29. The molecular weight excluding hydrogens is 309 g/mol. The van der Waals surface area contributed by atoms with Crippen molar-refractivity contribution in [3.63, 3.8) is 0 Å². The first kappa shape index (κ1) is 15.9. The molecule has 1 aromatic heterocycles. The van der Waals surface area contributed by atoms with Crippen molar-refractivity contribution in [3.8, 4) is 0 Å². The highest BCUT2D eigenvalue weighted by Crippen LogP contribution is 2.39. The third-order valence-electron chi connectivity index (χ3n) is 4.41. The number of hydrogen-bond acceptors (Lipinski definition) is 3. The summed E-state index contributed by atoms with van der Waals surface area (Å²) in [5, 5.41) is 2.27. The Labute approximate surface area is 130 Å². The largest absolute Gasteiger partial charge is 0.416 e. The second kappa shape index (κ2) is 5.88. The Morgan fingerprint density at radius 2 is 2.09 bits per heavy atom. The molecule has 0 aliphatic carbocycles. The predicted molar refractivity (Wildman–Crippen MR) is 78.1 cm³/mol. The van der Waals surface area contributed by atoms with Gasteiger partial charge in [-0.3, -0.25) is 9.69 Å². The molecule has 0 amide bonds. The Bertz CT molecular complexity index is 735. The molecule has 7 heteroatoms. The van der Waals surface area contributed by atoms with Gasteiger partial charge in [-0.05, 0) is 44.1 Å². The highest BCUT2D eigenvalue weighted by atomic mass is 19.4. The molecule has 0 radical (unpaired) electrons. The van der Waals surface area contributed by atoms with Gasteiger partial charge in [0.2, 0.25) is 0 Å². The molecule has 1 aromatic carbocycles. The molecule has 2 heterocycles. The maximum Gasteiger partial charge on any atom is 0.416 e. The summed E-state index contributed by atoms with van der Waals surface area (Å²) in [6.07, 6.45) is -2.94. The third kappa shape index (κ3) is 3.34. The normalized spacial score (nSPS) is 23.1. The fourth-order valence-corrected chi connectivity index (χ4v) is 3.15. The summed E-state index contributed by atoms with van der Waals surface area (Å²) in [5.74, 6) is 0.588. The Hall–Kier alpha value is -2.02. The summed E-state index contributed by atoms with van der Waals surface area (Å²) in [5.41, 5.74) is -0.307. The van der Waals surface area contributed by atoms with Crippen molar-refractivity contribution in [1.29, 1.82) is 0 Å². The van der Waals surface area contributed by atoms with E-state index in [1.54, 1.807) is 6.07 Å². The van der Waals surface area contributed by atoms with Crippen molar-refractivity contribution < 1.29 is 17.7 Å². The van der Waals surface area contributed by atoms with Crippen molar-refractivity contribution in [2.24, 2.45) is 0 Å². The van der Waals surface area contributed by atoms with Crippen LogP contribution >= 0.6 is 0 Å². The molecule has 0 unspecified atom stereocenters. The van der Waals surface area contributed by atoms with Gasteiger partial charge < -0.3 is 4.52 Å². The van der Waals surface area contributed by atoms with E-state index in [2.05, 4.69) is 5.16 Å². The number of halogens is 3. The first-order valence-electron chi connectivity index (χ1n) is 7.40. The summed E-state index contributed by atoms with van der Waals surface area (Å²) >= 11 is 0. The zero-order chi connectivity index (χ0) is 16.6. The fraction of sp³-hybridized carbons (Fsp3) is 0.438. The maximum absolute atomic E-state index is 12.9. The van der Waals surface area contributed by atoms with Crippen LogP contribution in [0.2, 0.25) is 0 Å². The lowest BCUT2D eigenvalue weighted by molar-refractivity contribution is -0.137. The molecule has 1 fully saturated rings. The SMILES string of the molecule is CN1CC[C@H](c2cc(=O)[nH]o2)C[C@@H]1c1cccc(C(F)(F)F)c1. The van der Waals surface area contributed by atoms with E-state index in [-0.39, 0.29) is 17.5 Å². The van der Waals surface area contributed by atoms with Gasteiger partial charge in [0.25, 0.3) is 5.56 Å². The van der Waals surface area contributed by atoms with Crippen LogP contribution in [0.5, 0.6) is 0 Å². The molecule has 1 aliphatic rings. The number of piperidine rings is 1. The minimum atomic E-state index is -4.35. The molecule has 2 aromatic rings. The Morgan fingerprint density at radius 3 is 2.74 bits per heavy atom. The number of likely N-dealkylation sites (tertiary alicyclic amines) is 1. The summed E-state index contributed by atoms with van der Waals surface area (Å²) in [4.78, 5) is 13.3. The quantitative estimate of drug-likeness (QED) is 0.918. The van der Waals surface area contributed by atoms with Gasteiger partial charge in [-0.15, -0.1) is 0 Å². The molecular formula is C16H17F3N2O2. The lowest BCUT2D eigenvalue weighted by Gasteiger charge is -2.36. The van der Waals surface area contributed by atoms with E-state index in [1.807, 2.05) is 11.9 Å². The zero-order valence-corrected chi connectivity index (χ0v) is 12.6. The number of nitrogens with one attached hydrogen (secondary N) is 1. The van der Waals surface area contributed by atoms with E-state index >= 15 is 0 Å². The number of nitrogens with zero attached hydrogens (tertiary/aromatic N) is 1. The van der Waals surface area contributed by atoms with Crippen LogP contribution in [0, 0.1) is 0 Å². The van der Waals surface area contributed by atoms with Gasteiger partial charge in [0.15, 0.2) is 0 Å². The smallest absolute Gasteiger partial charge is 0.383 e. The van der Waals surface area contributed by atoms with Crippen LogP contribution in [0.25, 0.3) is 0 Å². The number of rotatable bonds is 2. The Balaban J connectivity index is 1.87. The molecule has 0 saturated carbocycles. The summed E-state index contributed by atoms with van der Waals surface area (Å²) in [6, 6.07) is 6.71. The van der Waals surface area contributed by atoms with E-state index in [0.29, 0.717) is 17.7 Å². The van der Waals surface area contributed by atoms with Crippen molar-refractivity contribution >= 4 is 0 Å². The van der Waals surface area contributed by atoms with Gasteiger partial charge >= 0.3 is 6.18 Å². The van der Waals surface area contributed by atoms with Crippen molar-refractivity contribution in [3.05, 3.63) is 57.6 Å². The average molecular weight is 326 g/mol. The molecule has 0 bridgehead atoms. The number of alkyl halides is 3. The molecule has 23 heavy (non-hydrogen) atoms. The first-order valence-corrected chi connectivity index (χ1v) is 7.40. The second-order valence-corrected chi connectivity index (χ2v) is 5.96. The van der Waals surface area contributed by atoms with Gasteiger partial charge in [-0.1, -0.05) is 12.1 Å². The van der Waals surface area contributed by atoms with E-state index in [4.69, 9.17) is 4.52 Å². The molecule has 0 spiro atoms. The lowest BCUT2D eigenvalue weighted by Crippen LogP contribution is -2.33. The topological polar surface area (TPSA) is 49.2 Å². The van der Waals surface area contributed by atoms with Gasteiger partial charge in [0.05, 0.1) is 5.56 Å². The second-order valence-electron chi connectivity index (χ2n) is 5.96. The molecule has 1 saturated heterocycles. The summed E-state index contributed by atoms with van der Waals surface area (Å²) in [6.45, 7) is 0.723. The van der Waals surface area contributed by atoms with E-state index in [0.717, 1.165) is 19.0 Å². The minimum Gasteiger partial charge on any atom is -0.383 e. The number of H-pyrrole nitrogens is 1. The Kier molecular flexibility index (Phi) is 4.06. The van der Waals surface area contributed by atoms with Gasteiger partial charge in [0, 0.05) is 18.0 Å². The summed E-state index contributed by atoms with van der Waals surface area (Å²) < 4.78 is 43.9. The van der Waals surface area contributed by atoms with Crippen LogP contribution in [0.4, 0.5) is 13.2 Å². The minimum absolute atomic E-state index is 0.0182. The lowest BCUT2D eigenvalue weighted by atomic mass is 9.85. The molecule has 1 N–H and O–H groups in total. The maximum atomic E-state index is 12.9. The predicted octanol–water partition coefficient (Wildman–Crippen LogP) is 3.54. The highest BCUT2D eigenvalue weighted by Gasteiger charge is 2.34. The van der Waals surface area contributed by atoms with Crippen molar-refractivity contribution in [2.45, 2.75) is 31.0 Å². The van der Waals surface area contributed by atoms with E-state index in [9.17, 15) is 18.0 Å². The molecule has 124 valence electrons. The monoisotopic (exact) mass is 326 g/mol. The third-order valence-corrected chi connectivity index (χ3v) is 4.41.